The van der Waals surface area contributed by atoms with Crippen LogP contribution >= 0.6 is 15.9 Å². The molecule has 0 radical (unpaired) electrons. The molecule has 0 aliphatic heterocycles. The minimum atomic E-state index is -0.267. The molecule has 6 heteroatoms. The number of ether oxygens (including phenoxy) is 3. The molecule has 26 heavy (non-hydrogen) atoms. The fourth-order valence-corrected chi connectivity index (χ4v) is 2.89. The van der Waals surface area contributed by atoms with E-state index in [9.17, 15) is 4.79 Å². The summed E-state index contributed by atoms with van der Waals surface area (Å²) >= 11 is 3.45. The predicted octanol–water partition coefficient (Wildman–Crippen LogP) is 4.64. The Morgan fingerprint density at radius 3 is 2.23 bits per heavy atom. The molecule has 0 aliphatic carbocycles. The lowest BCUT2D eigenvalue weighted by Crippen LogP contribution is -2.20. The maximum absolute atomic E-state index is 12.2. The highest BCUT2D eigenvalue weighted by atomic mass is 79.9. The van der Waals surface area contributed by atoms with E-state index >= 15 is 0 Å². The molecule has 3 aromatic carbocycles. The molecule has 0 unspecified atom stereocenters. The van der Waals surface area contributed by atoms with Crippen LogP contribution in [0.15, 0.2) is 59.1 Å². The largest absolute Gasteiger partial charge is 0.497 e. The quantitative estimate of drug-likeness (QED) is 0.637. The molecule has 0 spiro atoms. The van der Waals surface area contributed by atoms with Gasteiger partial charge in [-0.05, 0) is 35.0 Å². The van der Waals surface area contributed by atoms with E-state index in [4.69, 9.17) is 14.2 Å². The lowest BCUT2D eigenvalue weighted by Gasteiger charge is -2.11. The monoisotopic (exact) mass is 415 g/mol. The topological polar surface area (TPSA) is 56.8 Å². The molecule has 0 aliphatic rings. The van der Waals surface area contributed by atoms with E-state index in [2.05, 4.69) is 21.2 Å². The Morgan fingerprint density at radius 1 is 0.885 bits per heavy atom. The van der Waals surface area contributed by atoms with Gasteiger partial charge in [-0.2, -0.15) is 0 Å². The smallest absolute Gasteiger partial charge is 0.262 e. The maximum Gasteiger partial charge on any atom is 0.262 e. The van der Waals surface area contributed by atoms with Crippen molar-refractivity contribution in [2.45, 2.75) is 0 Å². The highest BCUT2D eigenvalue weighted by Crippen LogP contribution is 2.26. The molecular formula is C20H18BrNO4. The van der Waals surface area contributed by atoms with Gasteiger partial charge in [0.2, 0.25) is 0 Å². The van der Waals surface area contributed by atoms with Gasteiger partial charge >= 0.3 is 0 Å². The Hall–Kier alpha value is -2.73. The van der Waals surface area contributed by atoms with Crippen LogP contribution in [0.4, 0.5) is 5.69 Å². The molecule has 5 nitrogen and oxygen atoms in total. The number of anilines is 1. The second kappa shape index (κ2) is 8.10. The number of methoxy groups -OCH3 is 2. The van der Waals surface area contributed by atoms with Crippen molar-refractivity contribution < 1.29 is 19.0 Å². The van der Waals surface area contributed by atoms with Crippen LogP contribution in [0.1, 0.15) is 0 Å². The first kappa shape index (κ1) is 18.1. The molecule has 0 saturated heterocycles. The van der Waals surface area contributed by atoms with Crippen LogP contribution in [0.5, 0.6) is 17.2 Å². The lowest BCUT2D eigenvalue weighted by atomic mass is 10.1. The first-order valence-electron chi connectivity index (χ1n) is 7.92. The Balaban J connectivity index is 1.64. The number of rotatable bonds is 6. The number of amides is 1. The minimum absolute atomic E-state index is 0.0957. The van der Waals surface area contributed by atoms with Crippen LogP contribution < -0.4 is 19.5 Å². The average Bonchev–Trinajstić information content (AvgIpc) is 2.65. The zero-order valence-corrected chi connectivity index (χ0v) is 16.0. The van der Waals surface area contributed by atoms with Gasteiger partial charge in [0.05, 0.1) is 14.2 Å². The Kier molecular flexibility index (Phi) is 5.63. The average molecular weight is 416 g/mol. The van der Waals surface area contributed by atoms with Crippen molar-refractivity contribution in [2.24, 2.45) is 0 Å². The normalized spacial score (nSPS) is 10.4. The van der Waals surface area contributed by atoms with Crippen molar-refractivity contribution in [3.63, 3.8) is 0 Å². The van der Waals surface area contributed by atoms with E-state index in [1.54, 1.807) is 32.4 Å². The van der Waals surface area contributed by atoms with E-state index in [1.807, 2.05) is 36.4 Å². The van der Waals surface area contributed by atoms with Crippen molar-refractivity contribution in [3.8, 4) is 17.2 Å². The van der Waals surface area contributed by atoms with Crippen LogP contribution in [-0.2, 0) is 4.79 Å². The number of nitrogens with one attached hydrogen (secondary N) is 1. The highest BCUT2D eigenvalue weighted by Gasteiger charge is 2.08. The molecule has 1 amide bonds. The second-order valence-electron chi connectivity index (χ2n) is 5.59. The van der Waals surface area contributed by atoms with Crippen molar-refractivity contribution >= 4 is 38.3 Å². The SMILES string of the molecule is COc1cc(NC(=O)COc2ccc3cc(Br)ccc3c2)cc(OC)c1. The van der Waals surface area contributed by atoms with Gasteiger partial charge in [-0.1, -0.05) is 28.1 Å². The fourth-order valence-electron chi connectivity index (χ4n) is 2.51. The number of carbonyl (C=O) groups excluding carboxylic acids is 1. The first-order valence-corrected chi connectivity index (χ1v) is 8.72. The molecule has 134 valence electrons. The number of hydrogen-bond donors (Lipinski definition) is 1. The molecule has 0 aromatic heterocycles. The van der Waals surface area contributed by atoms with Gasteiger partial charge in [-0.15, -0.1) is 0 Å². The summed E-state index contributed by atoms with van der Waals surface area (Å²) in [5, 5.41) is 4.92. The lowest BCUT2D eigenvalue weighted by molar-refractivity contribution is -0.118. The van der Waals surface area contributed by atoms with E-state index < -0.39 is 0 Å². The number of benzene rings is 3. The molecule has 0 atom stereocenters. The third kappa shape index (κ3) is 4.46. The summed E-state index contributed by atoms with van der Waals surface area (Å²) < 4.78 is 17.0. The van der Waals surface area contributed by atoms with E-state index in [0.717, 1.165) is 15.2 Å². The summed E-state index contributed by atoms with van der Waals surface area (Å²) in [6.07, 6.45) is 0. The molecule has 3 rings (SSSR count). The zero-order valence-electron chi connectivity index (χ0n) is 14.4. The summed E-state index contributed by atoms with van der Waals surface area (Å²) in [4.78, 5) is 12.2. The highest BCUT2D eigenvalue weighted by molar-refractivity contribution is 9.10. The molecule has 0 fully saturated rings. The van der Waals surface area contributed by atoms with Gasteiger partial charge in [0.1, 0.15) is 17.2 Å². The summed E-state index contributed by atoms with van der Waals surface area (Å²) in [7, 11) is 3.11. The molecule has 0 heterocycles. The van der Waals surface area contributed by atoms with Crippen LogP contribution in [0.3, 0.4) is 0 Å². The third-order valence-corrected chi connectivity index (χ3v) is 4.27. The standard InChI is InChI=1S/C20H18BrNO4/c1-24-18-9-16(10-19(11-18)25-2)22-20(23)12-26-17-6-4-13-7-15(21)5-3-14(13)8-17/h3-11H,12H2,1-2H3,(H,22,23). The van der Waals surface area contributed by atoms with Crippen LogP contribution in [-0.4, -0.2) is 26.7 Å². The number of carbonyl (C=O) groups is 1. The fraction of sp³-hybridized carbons (Fsp3) is 0.150. The van der Waals surface area contributed by atoms with Crippen LogP contribution in [0.2, 0.25) is 0 Å². The van der Waals surface area contributed by atoms with Crippen molar-refractivity contribution in [3.05, 3.63) is 59.1 Å². The minimum Gasteiger partial charge on any atom is -0.497 e. The van der Waals surface area contributed by atoms with Gasteiger partial charge in [-0.3, -0.25) is 4.79 Å². The third-order valence-electron chi connectivity index (χ3n) is 3.78. The number of fused-ring (bicyclic) bond motifs is 1. The Bertz CT molecular complexity index is 920. The van der Waals surface area contributed by atoms with Crippen molar-refractivity contribution in [1.29, 1.82) is 0 Å². The summed E-state index contributed by atoms with van der Waals surface area (Å²) in [5.74, 6) is 1.57. The molecule has 1 N–H and O–H groups in total. The van der Waals surface area contributed by atoms with E-state index in [1.165, 1.54) is 0 Å². The maximum atomic E-state index is 12.2. The van der Waals surface area contributed by atoms with Crippen molar-refractivity contribution in [2.75, 3.05) is 26.1 Å². The van der Waals surface area contributed by atoms with Gasteiger partial charge < -0.3 is 19.5 Å². The first-order chi connectivity index (χ1) is 12.6. The number of halogens is 1. The molecule has 0 saturated carbocycles. The Labute approximate surface area is 160 Å². The predicted molar refractivity (Wildman–Crippen MR) is 105 cm³/mol. The van der Waals surface area contributed by atoms with Gasteiger partial charge in [-0.25, -0.2) is 0 Å². The zero-order chi connectivity index (χ0) is 18.5. The molecule has 0 bridgehead atoms. The van der Waals surface area contributed by atoms with Gasteiger partial charge in [0.15, 0.2) is 6.61 Å². The van der Waals surface area contributed by atoms with E-state index in [0.29, 0.717) is 22.9 Å². The van der Waals surface area contributed by atoms with Crippen LogP contribution in [0.25, 0.3) is 10.8 Å². The van der Waals surface area contributed by atoms with Crippen LogP contribution in [0, 0.1) is 0 Å². The molecular weight excluding hydrogens is 398 g/mol. The van der Waals surface area contributed by atoms with Gasteiger partial charge in [0.25, 0.3) is 5.91 Å². The van der Waals surface area contributed by atoms with Gasteiger partial charge in [0, 0.05) is 28.4 Å². The second-order valence-corrected chi connectivity index (χ2v) is 6.51. The molecule has 3 aromatic rings. The summed E-state index contributed by atoms with van der Waals surface area (Å²) in [5.41, 5.74) is 0.582. The number of hydrogen-bond acceptors (Lipinski definition) is 4. The summed E-state index contributed by atoms with van der Waals surface area (Å²) in [6, 6.07) is 16.9. The summed E-state index contributed by atoms with van der Waals surface area (Å²) in [6.45, 7) is -0.0957. The Morgan fingerprint density at radius 2 is 1.54 bits per heavy atom. The van der Waals surface area contributed by atoms with E-state index in [-0.39, 0.29) is 12.5 Å². The van der Waals surface area contributed by atoms with Crippen molar-refractivity contribution in [1.82, 2.24) is 0 Å².